The van der Waals surface area contributed by atoms with Crippen LogP contribution in [0.1, 0.15) is 10.4 Å². The molecule has 0 bridgehead atoms. The fourth-order valence-electron chi connectivity index (χ4n) is 1.88. The van der Waals surface area contributed by atoms with Gasteiger partial charge in [0.2, 0.25) is 10.0 Å². The summed E-state index contributed by atoms with van der Waals surface area (Å²) < 4.78 is 83.9. The summed E-state index contributed by atoms with van der Waals surface area (Å²) in [5.74, 6) is -3.77. The van der Waals surface area contributed by atoms with Crippen LogP contribution in [0.4, 0.5) is 17.6 Å². The van der Waals surface area contributed by atoms with Crippen molar-refractivity contribution in [3.8, 4) is 17.2 Å². The molecule has 0 fully saturated rings. The first-order chi connectivity index (χ1) is 12.7. The average Bonchev–Trinajstić information content (AvgIpc) is 2.50. The SMILES string of the molecule is CS(=O)(=O)NC(=O)c1cc(Cl)c(Oc2ccc(Cl)c(OC(F)(F)F)c2)cc1F. The number of sulfonamides is 1. The third-order valence-electron chi connectivity index (χ3n) is 2.90. The molecule has 2 aromatic carbocycles. The Balaban J connectivity index is 2.32. The highest BCUT2D eigenvalue weighted by Crippen LogP contribution is 2.37. The third-order valence-corrected chi connectivity index (χ3v) is 4.06. The van der Waals surface area contributed by atoms with Gasteiger partial charge in [0.1, 0.15) is 17.3 Å². The minimum Gasteiger partial charge on any atom is -0.456 e. The second-order valence-electron chi connectivity index (χ2n) is 5.21. The van der Waals surface area contributed by atoms with E-state index in [1.165, 1.54) is 6.07 Å². The molecule has 0 atom stereocenters. The Labute approximate surface area is 166 Å². The summed E-state index contributed by atoms with van der Waals surface area (Å²) >= 11 is 11.5. The second-order valence-corrected chi connectivity index (χ2v) is 7.77. The Hall–Kier alpha value is -2.24. The highest BCUT2D eigenvalue weighted by atomic mass is 35.5. The first kappa shape index (κ1) is 22.1. The summed E-state index contributed by atoms with van der Waals surface area (Å²) in [4.78, 5) is 11.8. The third kappa shape index (κ3) is 6.14. The molecule has 0 saturated heterocycles. The molecule has 2 rings (SSSR count). The largest absolute Gasteiger partial charge is 0.573 e. The number of carbonyl (C=O) groups is 1. The predicted octanol–water partition coefficient (Wildman–Crippen LogP) is 4.51. The number of ether oxygens (including phenoxy) is 2. The van der Waals surface area contributed by atoms with E-state index in [1.54, 1.807) is 4.72 Å². The van der Waals surface area contributed by atoms with Gasteiger partial charge in [-0.3, -0.25) is 4.79 Å². The molecule has 0 aliphatic rings. The van der Waals surface area contributed by atoms with Gasteiger partial charge in [0.15, 0.2) is 5.75 Å². The summed E-state index contributed by atoms with van der Waals surface area (Å²) in [6, 6.07) is 4.49. The van der Waals surface area contributed by atoms with Crippen LogP contribution in [0.15, 0.2) is 30.3 Å². The van der Waals surface area contributed by atoms with E-state index in [9.17, 15) is 30.8 Å². The number of rotatable bonds is 5. The van der Waals surface area contributed by atoms with Crippen LogP contribution in [0, 0.1) is 5.82 Å². The van der Waals surface area contributed by atoms with Crippen LogP contribution in [0.2, 0.25) is 10.0 Å². The van der Waals surface area contributed by atoms with E-state index in [4.69, 9.17) is 27.9 Å². The minimum atomic E-state index is -5.00. The normalized spacial score (nSPS) is 11.8. The zero-order valence-corrected chi connectivity index (χ0v) is 15.9. The van der Waals surface area contributed by atoms with E-state index in [1.807, 2.05) is 0 Å². The van der Waals surface area contributed by atoms with Gasteiger partial charge in [-0.05, 0) is 18.2 Å². The van der Waals surface area contributed by atoms with Crippen LogP contribution >= 0.6 is 23.2 Å². The molecular formula is C15H9Cl2F4NO5S. The summed E-state index contributed by atoms with van der Waals surface area (Å²) in [5, 5.41) is -0.664. The fourth-order valence-corrected chi connectivity index (χ4v) is 2.69. The lowest BCUT2D eigenvalue weighted by Crippen LogP contribution is -2.30. The van der Waals surface area contributed by atoms with Crippen LogP contribution in [-0.2, 0) is 10.0 Å². The van der Waals surface area contributed by atoms with Crippen molar-refractivity contribution in [2.75, 3.05) is 6.26 Å². The van der Waals surface area contributed by atoms with Crippen molar-refractivity contribution in [2.24, 2.45) is 0 Å². The topological polar surface area (TPSA) is 81.7 Å². The summed E-state index contributed by atoms with van der Waals surface area (Å²) in [6.45, 7) is 0. The zero-order chi connectivity index (χ0) is 21.3. The van der Waals surface area contributed by atoms with Gasteiger partial charge in [0, 0.05) is 12.1 Å². The molecule has 0 heterocycles. The number of halogens is 6. The van der Waals surface area contributed by atoms with E-state index in [0.29, 0.717) is 12.3 Å². The van der Waals surface area contributed by atoms with E-state index in [2.05, 4.69) is 4.74 Å². The Morgan fingerprint density at radius 2 is 1.71 bits per heavy atom. The van der Waals surface area contributed by atoms with Gasteiger partial charge in [-0.1, -0.05) is 23.2 Å². The van der Waals surface area contributed by atoms with Crippen molar-refractivity contribution in [1.82, 2.24) is 4.72 Å². The second kappa shape index (κ2) is 8.02. The van der Waals surface area contributed by atoms with Crippen LogP contribution in [0.3, 0.4) is 0 Å². The van der Waals surface area contributed by atoms with Crippen LogP contribution in [0.25, 0.3) is 0 Å². The fraction of sp³-hybridized carbons (Fsp3) is 0.133. The molecule has 152 valence electrons. The van der Waals surface area contributed by atoms with Gasteiger partial charge in [-0.25, -0.2) is 17.5 Å². The van der Waals surface area contributed by atoms with Crippen molar-refractivity contribution in [2.45, 2.75) is 6.36 Å². The van der Waals surface area contributed by atoms with Crippen LogP contribution in [0.5, 0.6) is 17.2 Å². The smallest absolute Gasteiger partial charge is 0.456 e. The van der Waals surface area contributed by atoms with Crippen molar-refractivity contribution in [3.63, 3.8) is 0 Å². The first-order valence-electron chi connectivity index (χ1n) is 6.99. The summed E-state index contributed by atoms with van der Waals surface area (Å²) in [5.41, 5.74) is -0.681. The molecular weight excluding hydrogens is 453 g/mol. The average molecular weight is 462 g/mol. The molecule has 0 aromatic heterocycles. The quantitative estimate of drug-likeness (QED) is 0.662. The van der Waals surface area contributed by atoms with E-state index in [-0.39, 0.29) is 21.5 Å². The molecule has 13 heteroatoms. The van der Waals surface area contributed by atoms with Gasteiger partial charge in [0.05, 0.1) is 21.9 Å². The number of hydrogen-bond acceptors (Lipinski definition) is 5. The predicted molar refractivity (Wildman–Crippen MR) is 91.9 cm³/mol. The maximum Gasteiger partial charge on any atom is 0.573 e. The van der Waals surface area contributed by atoms with E-state index >= 15 is 0 Å². The van der Waals surface area contributed by atoms with Crippen molar-refractivity contribution in [1.29, 1.82) is 0 Å². The standard InChI is InChI=1S/C15H9Cl2F4NO5S/c1-28(24,25)22-14(23)8-5-10(17)12(6-11(8)18)26-7-2-3-9(16)13(4-7)27-15(19,20)21/h2-6H,1H3,(H,22,23). The molecule has 6 nitrogen and oxygen atoms in total. The lowest BCUT2D eigenvalue weighted by Gasteiger charge is -2.13. The van der Waals surface area contributed by atoms with Gasteiger partial charge in [-0.15, -0.1) is 13.2 Å². The summed E-state index contributed by atoms with van der Waals surface area (Å²) in [6.07, 6.45) is -4.30. The molecule has 1 N–H and O–H groups in total. The number of hydrogen-bond donors (Lipinski definition) is 1. The molecule has 2 aromatic rings. The maximum atomic E-state index is 14.1. The molecule has 0 spiro atoms. The Morgan fingerprint density at radius 1 is 1.07 bits per heavy atom. The van der Waals surface area contributed by atoms with Crippen LogP contribution in [-0.4, -0.2) is 26.9 Å². The molecule has 0 radical (unpaired) electrons. The molecule has 1 amide bonds. The Bertz CT molecular complexity index is 1030. The van der Waals surface area contributed by atoms with Crippen molar-refractivity contribution < 1.29 is 40.2 Å². The molecule has 0 saturated carbocycles. The highest BCUT2D eigenvalue weighted by Gasteiger charge is 2.32. The molecule has 0 unspecified atom stereocenters. The first-order valence-corrected chi connectivity index (χ1v) is 9.64. The Morgan fingerprint density at radius 3 is 2.29 bits per heavy atom. The van der Waals surface area contributed by atoms with E-state index < -0.39 is 39.4 Å². The zero-order valence-electron chi connectivity index (χ0n) is 13.6. The maximum absolute atomic E-state index is 14.1. The van der Waals surface area contributed by atoms with Crippen molar-refractivity contribution >= 4 is 39.1 Å². The Kier molecular flexibility index (Phi) is 6.31. The highest BCUT2D eigenvalue weighted by molar-refractivity contribution is 7.89. The minimum absolute atomic E-state index is 0.224. The number of amides is 1. The van der Waals surface area contributed by atoms with Gasteiger partial charge in [0.25, 0.3) is 5.91 Å². The van der Waals surface area contributed by atoms with Gasteiger partial charge < -0.3 is 9.47 Å². The number of carbonyl (C=O) groups excluding carboxylic acids is 1. The number of benzene rings is 2. The molecule has 0 aliphatic heterocycles. The molecule has 0 aliphatic carbocycles. The van der Waals surface area contributed by atoms with Crippen LogP contribution < -0.4 is 14.2 Å². The lowest BCUT2D eigenvalue weighted by molar-refractivity contribution is -0.274. The number of alkyl halides is 3. The van der Waals surface area contributed by atoms with E-state index in [0.717, 1.165) is 18.2 Å². The summed E-state index contributed by atoms with van der Waals surface area (Å²) in [7, 11) is -3.94. The van der Waals surface area contributed by atoms with Gasteiger partial charge in [-0.2, -0.15) is 0 Å². The number of nitrogens with one attached hydrogen (secondary N) is 1. The monoisotopic (exact) mass is 461 g/mol. The molecule has 28 heavy (non-hydrogen) atoms. The lowest BCUT2D eigenvalue weighted by atomic mass is 10.2. The van der Waals surface area contributed by atoms with Gasteiger partial charge >= 0.3 is 6.36 Å². The van der Waals surface area contributed by atoms with Crippen molar-refractivity contribution in [3.05, 3.63) is 51.8 Å².